The Bertz CT molecular complexity index is 196. The van der Waals surface area contributed by atoms with Crippen LogP contribution in [0, 0.1) is 11.8 Å². The van der Waals surface area contributed by atoms with Gasteiger partial charge in [0.05, 0.1) is 5.60 Å². The highest BCUT2D eigenvalue weighted by atomic mass is 16.3. The largest absolute Gasteiger partial charge is 0.390 e. The van der Waals surface area contributed by atoms with Crippen LogP contribution in [0.5, 0.6) is 0 Å². The summed E-state index contributed by atoms with van der Waals surface area (Å²) in [6, 6.07) is 0. The Morgan fingerprint density at radius 2 is 1.73 bits per heavy atom. The van der Waals surface area contributed by atoms with E-state index in [-0.39, 0.29) is 5.60 Å². The molecule has 2 unspecified atom stereocenters. The van der Waals surface area contributed by atoms with E-state index in [1.165, 1.54) is 51.4 Å². The smallest absolute Gasteiger partial charge is 0.0678 e. The highest BCUT2D eigenvalue weighted by Gasteiger charge is 2.39. The second-order valence-corrected chi connectivity index (χ2v) is 5.81. The van der Waals surface area contributed by atoms with Crippen molar-refractivity contribution in [3.05, 3.63) is 0 Å². The van der Waals surface area contributed by atoms with Crippen molar-refractivity contribution in [1.29, 1.82) is 0 Å². The number of aliphatic hydroxyl groups is 1. The fourth-order valence-electron chi connectivity index (χ4n) is 3.86. The van der Waals surface area contributed by atoms with Gasteiger partial charge in [-0.05, 0) is 31.1 Å². The van der Waals surface area contributed by atoms with E-state index in [4.69, 9.17) is 0 Å². The number of hydrogen-bond acceptors (Lipinski definition) is 1. The molecule has 1 nitrogen and oxygen atoms in total. The average Bonchev–Trinajstić information content (AvgIpc) is 2.70. The summed E-state index contributed by atoms with van der Waals surface area (Å²) in [5.74, 6) is 1.42. The van der Waals surface area contributed by atoms with E-state index >= 15 is 0 Å². The molecule has 0 spiro atoms. The predicted molar refractivity (Wildman–Crippen MR) is 63.8 cm³/mol. The van der Waals surface area contributed by atoms with Gasteiger partial charge in [0.2, 0.25) is 0 Å². The zero-order chi connectivity index (χ0) is 10.7. The molecule has 0 saturated heterocycles. The summed E-state index contributed by atoms with van der Waals surface area (Å²) in [5.41, 5.74) is -0.290. The number of rotatable bonds is 3. The van der Waals surface area contributed by atoms with Gasteiger partial charge in [0.15, 0.2) is 0 Å². The minimum Gasteiger partial charge on any atom is -0.390 e. The summed E-state index contributed by atoms with van der Waals surface area (Å²) in [6.45, 7) is 2.25. The lowest BCUT2D eigenvalue weighted by Gasteiger charge is -2.41. The Morgan fingerprint density at radius 1 is 1.07 bits per heavy atom. The maximum Gasteiger partial charge on any atom is 0.0678 e. The van der Waals surface area contributed by atoms with Gasteiger partial charge in [0.1, 0.15) is 0 Å². The normalized spacial score (nSPS) is 38.4. The van der Waals surface area contributed by atoms with Gasteiger partial charge in [0.25, 0.3) is 0 Å². The van der Waals surface area contributed by atoms with Crippen LogP contribution in [0.4, 0.5) is 0 Å². The maximum absolute atomic E-state index is 10.8. The second kappa shape index (κ2) is 4.86. The summed E-state index contributed by atoms with van der Waals surface area (Å²) < 4.78 is 0. The van der Waals surface area contributed by atoms with Gasteiger partial charge in [-0.3, -0.25) is 0 Å². The van der Waals surface area contributed by atoms with Crippen molar-refractivity contribution >= 4 is 0 Å². The molecule has 0 bridgehead atoms. The molecule has 2 aliphatic carbocycles. The highest BCUT2D eigenvalue weighted by molar-refractivity contribution is 4.91. The Balaban J connectivity index is 1.95. The fourth-order valence-corrected chi connectivity index (χ4v) is 3.86. The molecule has 2 saturated carbocycles. The summed E-state index contributed by atoms with van der Waals surface area (Å²) >= 11 is 0. The third-order valence-corrected chi connectivity index (χ3v) is 4.78. The molecule has 0 radical (unpaired) electrons. The number of hydrogen-bond donors (Lipinski definition) is 1. The minimum absolute atomic E-state index is 0.290. The predicted octanol–water partition coefficient (Wildman–Crippen LogP) is 3.90. The summed E-state index contributed by atoms with van der Waals surface area (Å²) in [7, 11) is 0. The van der Waals surface area contributed by atoms with Crippen LogP contribution in [-0.4, -0.2) is 10.7 Å². The Labute approximate surface area is 94.3 Å². The average molecular weight is 210 g/mol. The first-order chi connectivity index (χ1) is 7.24. The van der Waals surface area contributed by atoms with Crippen LogP contribution in [0.15, 0.2) is 0 Å². The van der Waals surface area contributed by atoms with Gasteiger partial charge in [-0.25, -0.2) is 0 Å². The van der Waals surface area contributed by atoms with E-state index in [1.807, 2.05) is 0 Å². The first kappa shape index (κ1) is 11.4. The molecular formula is C14H26O. The molecule has 0 aliphatic heterocycles. The van der Waals surface area contributed by atoms with Crippen molar-refractivity contribution in [2.75, 3.05) is 0 Å². The molecule has 2 aliphatic rings. The lowest BCUT2D eigenvalue weighted by molar-refractivity contribution is -0.0669. The van der Waals surface area contributed by atoms with Gasteiger partial charge in [0, 0.05) is 0 Å². The standard InChI is InChI=1S/C14H26O/c1-2-13-9-5-6-10-14(13,15)11-12-7-3-4-8-12/h12-13,15H,2-11H2,1H3. The van der Waals surface area contributed by atoms with Crippen LogP contribution in [0.1, 0.15) is 71.1 Å². The zero-order valence-corrected chi connectivity index (χ0v) is 10.2. The van der Waals surface area contributed by atoms with E-state index in [0.717, 1.165) is 18.8 Å². The van der Waals surface area contributed by atoms with Crippen LogP contribution >= 0.6 is 0 Å². The van der Waals surface area contributed by atoms with E-state index < -0.39 is 0 Å². The summed E-state index contributed by atoms with van der Waals surface area (Å²) in [4.78, 5) is 0. The molecule has 0 heterocycles. The van der Waals surface area contributed by atoms with Crippen LogP contribution in [0.25, 0.3) is 0 Å². The van der Waals surface area contributed by atoms with E-state index in [9.17, 15) is 5.11 Å². The summed E-state index contributed by atoms with van der Waals surface area (Å²) in [5, 5.41) is 10.8. The third-order valence-electron chi connectivity index (χ3n) is 4.78. The first-order valence-corrected chi connectivity index (χ1v) is 6.97. The van der Waals surface area contributed by atoms with Crippen LogP contribution in [0.2, 0.25) is 0 Å². The first-order valence-electron chi connectivity index (χ1n) is 6.97. The lowest BCUT2D eigenvalue weighted by atomic mass is 9.70. The molecule has 1 heteroatoms. The monoisotopic (exact) mass is 210 g/mol. The Morgan fingerprint density at radius 3 is 2.40 bits per heavy atom. The van der Waals surface area contributed by atoms with Gasteiger partial charge < -0.3 is 5.11 Å². The van der Waals surface area contributed by atoms with Crippen molar-refractivity contribution in [3.63, 3.8) is 0 Å². The Hall–Kier alpha value is -0.0400. The third kappa shape index (κ3) is 2.55. The minimum atomic E-state index is -0.290. The van der Waals surface area contributed by atoms with Crippen molar-refractivity contribution in [3.8, 4) is 0 Å². The SMILES string of the molecule is CCC1CCCCC1(O)CC1CCCC1. The van der Waals surface area contributed by atoms with Crippen molar-refractivity contribution in [2.45, 2.75) is 76.7 Å². The molecule has 2 atom stereocenters. The van der Waals surface area contributed by atoms with Crippen molar-refractivity contribution < 1.29 is 5.11 Å². The Kier molecular flexibility index (Phi) is 3.71. The van der Waals surface area contributed by atoms with Crippen LogP contribution in [-0.2, 0) is 0 Å². The topological polar surface area (TPSA) is 20.2 Å². The molecule has 88 valence electrons. The summed E-state index contributed by atoms with van der Waals surface area (Å²) in [6.07, 6.45) is 12.7. The van der Waals surface area contributed by atoms with E-state index in [0.29, 0.717) is 5.92 Å². The highest BCUT2D eigenvalue weighted by Crippen LogP contribution is 2.43. The van der Waals surface area contributed by atoms with Gasteiger partial charge in [-0.15, -0.1) is 0 Å². The molecule has 0 aromatic carbocycles. The molecular weight excluding hydrogens is 184 g/mol. The zero-order valence-electron chi connectivity index (χ0n) is 10.2. The van der Waals surface area contributed by atoms with Crippen molar-refractivity contribution in [2.24, 2.45) is 11.8 Å². The molecule has 0 amide bonds. The molecule has 1 N–H and O–H groups in total. The molecule has 0 aromatic rings. The lowest BCUT2D eigenvalue weighted by Crippen LogP contribution is -2.41. The molecule has 2 fully saturated rings. The second-order valence-electron chi connectivity index (χ2n) is 5.81. The fraction of sp³-hybridized carbons (Fsp3) is 1.00. The van der Waals surface area contributed by atoms with E-state index in [1.54, 1.807) is 0 Å². The maximum atomic E-state index is 10.8. The molecule has 2 rings (SSSR count). The quantitative estimate of drug-likeness (QED) is 0.749. The molecule has 0 aromatic heterocycles. The van der Waals surface area contributed by atoms with Crippen molar-refractivity contribution in [1.82, 2.24) is 0 Å². The van der Waals surface area contributed by atoms with Gasteiger partial charge in [-0.2, -0.15) is 0 Å². The van der Waals surface area contributed by atoms with E-state index in [2.05, 4.69) is 6.92 Å². The van der Waals surface area contributed by atoms with Crippen LogP contribution in [0.3, 0.4) is 0 Å². The molecule has 15 heavy (non-hydrogen) atoms. The van der Waals surface area contributed by atoms with Gasteiger partial charge >= 0.3 is 0 Å². The van der Waals surface area contributed by atoms with Crippen LogP contribution < -0.4 is 0 Å². The van der Waals surface area contributed by atoms with Gasteiger partial charge in [-0.1, -0.05) is 51.9 Å².